The van der Waals surface area contributed by atoms with Crippen molar-refractivity contribution < 1.29 is 19.4 Å². The molecule has 1 aliphatic rings. The lowest BCUT2D eigenvalue weighted by atomic mass is 10.1. The predicted octanol–water partition coefficient (Wildman–Crippen LogP) is 1.98. The van der Waals surface area contributed by atoms with E-state index in [0.717, 1.165) is 11.3 Å². The van der Waals surface area contributed by atoms with Gasteiger partial charge < -0.3 is 15.2 Å². The summed E-state index contributed by atoms with van der Waals surface area (Å²) in [6, 6.07) is 1.62. The van der Waals surface area contributed by atoms with E-state index in [-0.39, 0.29) is 17.4 Å². The summed E-state index contributed by atoms with van der Waals surface area (Å²) in [4.78, 5) is 23.9. The van der Waals surface area contributed by atoms with Crippen LogP contribution in [0.25, 0.3) is 0 Å². The van der Waals surface area contributed by atoms with E-state index < -0.39 is 5.97 Å². The molecule has 1 fully saturated rings. The van der Waals surface area contributed by atoms with Crippen LogP contribution in [0.3, 0.4) is 0 Å². The Balaban J connectivity index is 2.14. The number of rotatable bonds is 4. The first-order valence-corrected chi connectivity index (χ1v) is 6.68. The highest BCUT2D eigenvalue weighted by Crippen LogP contribution is 2.29. The Morgan fingerprint density at radius 1 is 1.61 bits per heavy atom. The van der Waals surface area contributed by atoms with E-state index in [1.54, 1.807) is 6.07 Å². The van der Waals surface area contributed by atoms with Crippen molar-refractivity contribution in [1.29, 1.82) is 0 Å². The smallest absolute Gasteiger partial charge is 0.338 e. The topological polar surface area (TPSA) is 75.6 Å². The van der Waals surface area contributed by atoms with Gasteiger partial charge in [0, 0.05) is 11.5 Å². The molecule has 1 aromatic rings. The van der Waals surface area contributed by atoms with E-state index in [0.29, 0.717) is 24.6 Å². The molecule has 1 atom stereocenters. The lowest BCUT2D eigenvalue weighted by molar-refractivity contribution is -0.119. The molecule has 98 valence electrons. The Bertz CT molecular complexity index is 463. The van der Waals surface area contributed by atoms with Gasteiger partial charge in [-0.2, -0.15) is 0 Å². The highest BCUT2D eigenvalue weighted by atomic mass is 32.1. The van der Waals surface area contributed by atoms with E-state index in [4.69, 9.17) is 9.84 Å². The Morgan fingerprint density at radius 3 is 2.94 bits per heavy atom. The van der Waals surface area contributed by atoms with Crippen molar-refractivity contribution in [3.05, 3.63) is 16.5 Å². The predicted molar refractivity (Wildman–Crippen MR) is 68.2 cm³/mol. The largest absolute Gasteiger partial charge is 0.478 e. The molecular formula is C12H15NO4S. The number of ether oxygens (including phenoxy) is 1. The summed E-state index contributed by atoms with van der Waals surface area (Å²) in [6.07, 6.45) is 1.45. The summed E-state index contributed by atoms with van der Waals surface area (Å²) >= 11 is 1.32. The number of aromatic carboxylic acids is 1. The summed E-state index contributed by atoms with van der Waals surface area (Å²) in [7, 11) is 0. The third-order valence-electron chi connectivity index (χ3n) is 2.90. The van der Waals surface area contributed by atoms with Gasteiger partial charge in [-0.05, 0) is 18.9 Å². The van der Waals surface area contributed by atoms with E-state index in [9.17, 15) is 9.59 Å². The number of amides is 1. The molecule has 0 bridgehead atoms. The molecule has 0 radical (unpaired) electrons. The van der Waals surface area contributed by atoms with Crippen molar-refractivity contribution in [2.45, 2.75) is 19.8 Å². The maximum Gasteiger partial charge on any atom is 0.338 e. The van der Waals surface area contributed by atoms with Gasteiger partial charge in [-0.3, -0.25) is 4.79 Å². The van der Waals surface area contributed by atoms with Crippen molar-refractivity contribution in [3.63, 3.8) is 0 Å². The lowest BCUT2D eigenvalue weighted by Crippen LogP contribution is -2.23. The maximum absolute atomic E-state index is 11.9. The third kappa shape index (κ3) is 2.70. The molecule has 1 saturated heterocycles. The second-order valence-corrected chi connectivity index (χ2v) is 5.30. The molecule has 1 aromatic heterocycles. The molecule has 18 heavy (non-hydrogen) atoms. The van der Waals surface area contributed by atoms with Crippen LogP contribution in [0, 0.1) is 5.92 Å². The van der Waals surface area contributed by atoms with Gasteiger partial charge in [0.1, 0.15) is 5.00 Å². The van der Waals surface area contributed by atoms with Crippen LogP contribution in [-0.2, 0) is 16.0 Å². The highest BCUT2D eigenvalue weighted by Gasteiger charge is 2.25. The average Bonchev–Trinajstić information content (AvgIpc) is 2.97. The van der Waals surface area contributed by atoms with Gasteiger partial charge in [0.15, 0.2) is 0 Å². The summed E-state index contributed by atoms with van der Waals surface area (Å²) in [5.41, 5.74) is 0.170. The fourth-order valence-electron chi connectivity index (χ4n) is 1.82. The molecule has 0 saturated carbocycles. The molecule has 0 aromatic carbocycles. The van der Waals surface area contributed by atoms with Gasteiger partial charge in [0.2, 0.25) is 5.91 Å². The molecule has 0 aliphatic carbocycles. The van der Waals surface area contributed by atoms with E-state index in [1.807, 2.05) is 6.92 Å². The summed E-state index contributed by atoms with van der Waals surface area (Å²) in [6.45, 7) is 2.96. The van der Waals surface area contributed by atoms with Gasteiger partial charge in [-0.25, -0.2) is 4.79 Å². The van der Waals surface area contributed by atoms with Gasteiger partial charge in [-0.15, -0.1) is 11.3 Å². The van der Waals surface area contributed by atoms with Crippen LogP contribution in [0.5, 0.6) is 0 Å². The van der Waals surface area contributed by atoms with Crippen LogP contribution in [0.15, 0.2) is 6.07 Å². The number of hydrogen-bond donors (Lipinski definition) is 2. The fraction of sp³-hybridized carbons (Fsp3) is 0.500. The van der Waals surface area contributed by atoms with Crippen LogP contribution in [0.2, 0.25) is 0 Å². The molecule has 1 amide bonds. The molecule has 0 spiro atoms. The first-order chi connectivity index (χ1) is 8.61. The van der Waals surface area contributed by atoms with Gasteiger partial charge in [0.25, 0.3) is 0 Å². The van der Waals surface area contributed by atoms with Crippen molar-refractivity contribution in [1.82, 2.24) is 0 Å². The zero-order valence-electron chi connectivity index (χ0n) is 10.1. The molecular weight excluding hydrogens is 254 g/mol. The molecule has 5 nitrogen and oxygen atoms in total. The van der Waals surface area contributed by atoms with Gasteiger partial charge in [-0.1, -0.05) is 6.92 Å². The van der Waals surface area contributed by atoms with Gasteiger partial charge >= 0.3 is 5.97 Å². The zero-order valence-corrected chi connectivity index (χ0v) is 10.9. The fourth-order valence-corrected chi connectivity index (χ4v) is 2.81. The standard InChI is InChI=1S/C12H15NO4S/c1-2-8-5-9(12(15)16)11(18-8)13-10(14)7-3-4-17-6-7/h5,7H,2-4,6H2,1H3,(H,13,14)(H,15,16). The minimum absolute atomic E-state index is 0.153. The van der Waals surface area contributed by atoms with Crippen LogP contribution >= 0.6 is 11.3 Å². The Hall–Kier alpha value is -1.40. The maximum atomic E-state index is 11.9. The number of aryl methyl sites for hydroxylation is 1. The molecule has 2 heterocycles. The number of thiophene rings is 1. The minimum Gasteiger partial charge on any atom is -0.478 e. The van der Waals surface area contributed by atoms with E-state index in [1.165, 1.54) is 11.3 Å². The SMILES string of the molecule is CCc1cc(C(=O)O)c(NC(=O)C2CCOC2)s1. The Labute approximate surface area is 109 Å². The molecule has 2 N–H and O–H groups in total. The van der Waals surface area contributed by atoms with Crippen LogP contribution in [0.1, 0.15) is 28.6 Å². The normalized spacial score (nSPS) is 18.8. The second kappa shape index (κ2) is 5.49. The van der Waals surface area contributed by atoms with Crippen molar-refractivity contribution in [3.8, 4) is 0 Å². The molecule has 2 rings (SSSR count). The lowest BCUT2D eigenvalue weighted by Gasteiger charge is -2.08. The number of hydrogen-bond acceptors (Lipinski definition) is 4. The van der Waals surface area contributed by atoms with Crippen LogP contribution in [0.4, 0.5) is 5.00 Å². The van der Waals surface area contributed by atoms with Crippen LogP contribution < -0.4 is 5.32 Å². The number of anilines is 1. The number of carboxylic acid groups (broad SMARTS) is 1. The van der Waals surface area contributed by atoms with Crippen molar-refractivity contribution in [2.24, 2.45) is 5.92 Å². The van der Waals surface area contributed by atoms with Gasteiger partial charge in [0.05, 0.1) is 18.1 Å². The van der Waals surface area contributed by atoms with E-state index >= 15 is 0 Å². The van der Waals surface area contributed by atoms with E-state index in [2.05, 4.69) is 5.32 Å². The number of nitrogens with one attached hydrogen (secondary N) is 1. The van der Waals surface area contributed by atoms with Crippen molar-refractivity contribution >= 4 is 28.2 Å². The van der Waals surface area contributed by atoms with Crippen molar-refractivity contribution in [2.75, 3.05) is 18.5 Å². The zero-order chi connectivity index (χ0) is 13.1. The quantitative estimate of drug-likeness (QED) is 0.876. The number of carboxylic acids is 1. The Kier molecular flexibility index (Phi) is 3.98. The van der Waals surface area contributed by atoms with Crippen LogP contribution in [-0.4, -0.2) is 30.2 Å². The summed E-state index contributed by atoms with van der Waals surface area (Å²) in [5.74, 6) is -1.33. The molecule has 6 heteroatoms. The average molecular weight is 269 g/mol. The first-order valence-electron chi connectivity index (χ1n) is 5.86. The number of carbonyl (C=O) groups is 2. The first kappa shape index (κ1) is 13.0. The highest BCUT2D eigenvalue weighted by molar-refractivity contribution is 7.16. The second-order valence-electron chi connectivity index (χ2n) is 4.16. The summed E-state index contributed by atoms with van der Waals surface area (Å²) in [5, 5.41) is 12.2. The summed E-state index contributed by atoms with van der Waals surface area (Å²) < 4.78 is 5.15. The molecule has 1 aliphatic heterocycles. The monoisotopic (exact) mass is 269 g/mol. The third-order valence-corrected chi connectivity index (χ3v) is 4.09. The molecule has 1 unspecified atom stereocenters. The number of carbonyl (C=O) groups excluding carboxylic acids is 1. The minimum atomic E-state index is -1.01. The Morgan fingerprint density at radius 2 is 2.39 bits per heavy atom.